The standard InChI is InChI=1S/C25H20FN9/c1-35(2)13-14-9-15(11-27-10-14)21-20(26)19-18(12-30-21)33-34-24(19)25-31-17-6-8-29-22(23(17)32-25)16-5-3-4-7-28-16/h3-12H,13H2,1-2H3,(H,31,32)(H,33,34). The second-order valence-corrected chi connectivity index (χ2v) is 8.46. The van der Waals surface area contributed by atoms with E-state index in [1.54, 1.807) is 31.0 Å². The minimum Gasteiger partial charge on any atom is -0.336 e. The second kappa shape index (κ2) is 8.33. The summed E-state index contributed by atoms with van der Waals surface area (Å²) in [5, 5.41) is 7.54. The molecule has 6 aromatic heterocycles. The van der Waals surface area contributed by atoms with Gasteiger partial charge in [0.05, 0.1) is 28.3 Å². The maximum absolute atomic E-state index is 15.9. The van der Waals surface area contributed by atoms with Gasteiger partial charge in [0.15, 0.2) is 11.6 Å². The molecule has 0 atom stereocenters. The van der Waals surface area contributed by atoms with Crippen LogP contribution in [0.1, 0.15) is 5.56 Å². The minimum absolute atomic E-state index is 0.209. The average molecular weight is 465 g/mol. The number of hydrogen-bond acceptors (Lipinski definition) is 7. The van der Waals surface area contributed by atoms with Crippen molar-refractivity contribution in [3.63, 3.8) is 0 Å². The van der Waals surface area contributed by atoms with E-state index in [4.69, 9.17) is 4.98 Å². The molecule has 6 rings (SSSR count). The lowest BCUT2D eigenvalue weighted by Crippen LogP contribution is -2.10. The summed E-state index contributed by atoms with van der Waals surface area (Å²) in [5.74, 6) is -0.0643. The summed E-state index contributed by atoms with van der Waals surface area (Å²) >= 11 is 0. The van der Waals surface area contributed by atoms with Gasteiger partial charge in [0.25, 0.3) is 0 Å². The summed E-state index contributed by atoms with van der Waals surface area (Å²) < 4.78 is 15.9. The largest absolute Gasteiger partial charge is 0.336 e. The van der Waals surface area contributed by atoms with Gasteiger partial charge in [-0.3, -0.25) is 25.0 Å². The highest BCUT2D eigenvalue weighted by Gasteiger charge is 2.21. The molecule has 9 nitrogen and oxygen atoms in total. The van der Waals surface area contributed by atoms with E-state index in [-0.39, 0.29) is 5.69 Å². The summed E-state index contributed by atoms with van der Waals surface area (Å²) in [6.45, 7) is 0.688. The fourth-order valence-corrected chi connectivity index (χ4v) is 4.15. The van der Waals surface area contributed by atoms with E-state index in [2.05, 4.69) is 35.1 Å². The first-order chi connectivity index (χ1) is 17.1. The predicted octanol–water partition coefficient (Wildman–Crippen LogP) is 4.22. The van der Waals surface area contributed by atoms with Crippen LogP contribution in [-0.2, 0) is 6.54 Å². The molecule has 35 heavy (non-hydrogen) atoms. The molecule has 0 aliphatic heterocycles. The number of halogens is 1. The predicted molar refractivity (Wildman–Crippen MR) is 131 cm³/mol. The Balaban J connectivity index is 1.49. The maximum atomic E-state index is 15.9. The van der Waals surface area contributed by atoms with Gasteiger partial charge in [-0.05, 0) is 43.9 Å². The maximum Gasteiger partial charge on any atom is 0.161 e. The quantitative estimate of drug-likeness (QED) is 0.392. The van der Waals surface area contributed by atoms with E-state index in [1.807, 2.05) is 49.3 Å². The Kier molecular flexibility index (Phi) is 5.00. The van der Waals surface area contributed by atoms with Crippen LogP contribution in [0.4, 0.5) is 4.39 Å². The summed E-state index contributed by atoms with van der Waals surface area (Å²) in [4.78, 5) is 27.5. The van der Waals surface area contributed by atoms with Gasteiger partial charge in [0.1, 0.15) is 22.6 Å². The normalized spacial score (nSPS) is 11.7. The molecule has 0 radical (unpaired) electrons. The van der Waals surface area contributed by atoms with Crippen molar-refractivity contribution >= 4 is 21.9 Å². The molecule has 0 spiro atoms. The van der Waals surface area contributed by atoms with E-state index in [9.17, 15) is 0 Å². The molecule has 0 aliphatic rings. The number of hydrogen-bond donors (Lipinski definition) is 2. The van der Waals surface area contributed by atoms with Crippen molar-refractivity contribution in [2.75, 3.05) is 14.1 Å². The smallest absolute Gasteiger partial charge is 0.161 e. The van der Waals surface area contributed by atoms with Crippen LogP contribution in [0.3, 0.4) is 0 Å². The van der Waals surface area contributed by atoms with Crippen LogP contribution in [0, 0.1) is 5.82 Å². The fraction of sp³-hybridized carbons (Fsp3) is 0.120. The Bertz CT molecular complexity index is 1670. The number of imidazole rings is 1. The van der Waals surface area contributed by atoms with E-state index in [0.717, 1.165) is 11.1 Å². The summed E-state index contributed by atoms with van der Waals surface area (Å²) in [5.41, 5.74) is 5.33. The summed E-state index contributed by atoms with van der Waals surface area (Å²) in [6.07, 6.45) is 8.35. The molecule has 0 amide bonds. The van der Waals surface area contributed by atoms with E-state index >= 15 is 4.39 Å². The van der Waals surface area contributed by atoms with E-state index in [1.165, 1.54) is 0 Å². The van der Waals surface area contributed by atoms with Crippen LogP contribution in [0.25, 0.3) is 56.1 Å². The van der Waals surface area contributed by atoms with Gasteiger partial charge in [-0.2, -0.15) is 5.10 Å². The third-order valence-corrected chi connectivity index (χ3v) is 5.64. The number of nitrogens with one attached hydrogen (secondary N) is 2. The van der Waals surface area contributed by atoms with Crippen LogP contribution in [0.15, 0.2) is 61.3 Å². The van der Waals surface area contributed by atoms with Gasteiger partial charge < -0.3 is 9.88 Å². The molecule has 0 aromatic carbocycles. The average Bonchev–Trinajstić information content (AvgIpc) is 3.49. The third-order valence-electron chi connectivity index (χ3n) is 5.64. The molecular formula is C25H20FN9. The molecule has 6 heterocycles. The molecule has 0 aliphatic carbocycles. The number of pyridine rings is 4. The zero-order chi connectivity index (χ0) is 23.9. The first kappa shape index (κ1) is 21.0. The molecule has 0 saturated carbocycles. The Morgan fingerprint density at radius 3 is 2.66 bits per heavy atom. The molecular weight excluding hydrogens is 445 g/mol. The van der Waals surface area contributed by atoms with Crippen molar-refractivity contribution in [3.05, 3.63) is 72.7 Å². The Morgan fingerprint density at radius 1 is 0.914 bits per heavy atom. The lowest BCUT2D eigenvalue weighted by molar-refractivity contribution is 0.402. The lowest BCUT2D eigenvalue weighted by Gasteiger charge is -2.10. The van der Waals surface area contributed by atoms with Gasteiger partial charge in [-0.15, -0.1) is 0 Å². The molecule has 0 saturated heterocycles. The Morgan fingerprint density at radius 2 is 1.83 bits per heavy atom. The van der Waals surface area contributed by atoms with Crippen LogP contribution >= 0.6 is 0 Å². The van der Waals surface area contributed by atoms with Crippen molar-refractivity contribution < 1.29 is 4.39 Å². The zero-order valence-corrected chi connectivity index (χ0v) is 19.0. The van der Waals surface area contributed by atoms with Crippen LogP contribution in [0.2, 0.25) is 0 Å². The number of rotatable bonds is 5. The van der Waals surface area contributed by atoms with Gasteiger partial charge in [-0.1, -0.05) is 6.07 Å². The molecule has 0 fully saturated rings. The van der Waals surface area contributed by atoms with E-state index in [0.29, 0.717) is 51.4 Å². The van der Waals surface area contributed by atoms with Crippen LogP contribution < -0.4 is 0 Å². The van der Waals surface area contributed by atoms with Crippen molar-refractivity contribution in [3.8, 4) is 34.2 Å². The van der Waals surface area contributed by atoms with Crippen molar-refractivity contribution in [2.24, 2.45) is 0 Å². The number of aromatic amines is 2. The SMILES string of the molecule is CN(C)Cc1cncc(-c2ncc3[nH]nc(-c4nc5c(-c6ccccn6)nccc5[nH]4)c3c2F)c1. The van der Waals surface area contributed by atoms with Gasteiger partial charge in [-0.25, -0.2) is 9.37 Å². The monoisotopic (exact) mass is 465 g/mol. The lowest BCUT2D eigenvalue weighted by atomic mass is 10.1. The minimum atomic E-state index is -0.487. The highest BCUT2D eigenvalue weighted by Crippen LogP contribution is 2.33. The number of H-pyrrole nitrogens is 2. The van der Waals surface area contributed by atoms with Crippen molar-refractivity contribution in [1.82, 2.24) is 45.0 Å². The zero-order valence-electron chi connectivity index (χ0n) is 19.0. The topological polar surface area (TPSA) is 112 Å². The Labute approximate surface area is 199 Å². The summed E-state index contributed by atoms with van der Waals surface area (Å²) in [6, 6.07) is 9.32. The summed E-state index contributed by atoms with van der Waals surface area (Å²) in [7, 11) is 3.94. The molecule has 2 N–H and O–H groups in total. The van der Waals surface area contributed by atoms with Crippen LogP contribution in [0.5, 0.6) is 0 Å². The number of nitrogens with zero attached hydrogens (tertiary/aromatic N) is 7. The van der Waals surface area contributed by atoms with Crippen LogP contribution in [-0.4, -0.2) is 59.1 Å². The second-order valence-electron chi connectivity index (χ2n) is 8.46. The first-order valence-corrected chi connectivity index (χ1v) is 11.0. The number of fused-ring (bicyclic) bond motifs is 2. The Hall–Kier alpha value is -4.57. The third kappa shape index (κ3) is 3.69. The molecule has 6 aromatic rings. The van der Waals surface area contributed by atoms with E-state index < -0.39 is 5.82 Å². The molecule has 0 bridgehead atoms. The highest BCUT2D eigenvalue weighted by molar-refractivity contribution is 5.97. The van der Waals surface area contributed by atoms with Gasteiger partial charge in [0, 0.05) is 36.9 Å². The molecule has 10 heteroatoms. The van der Waals surface area contributed by atoms with Gasteiger partial charge >= 0.3 is 0 Å². The molecule has 172 valence electrons. The van der Waals surface area contributed by atoms with Crippen molar-refractivity contribution in [2.45, 2.75) is 6.54 Å². The fourth-order valence-electron chi connectivity index (χ4n) is 4.15. The van der Waals surface area contributed by atoms with Gasteiger partial charge in [0.2, 0.25) is 0 Å². The van der Waals surface area contributed by atoms with Crippen molar-refractivity contribution in [1.29, 1.82) is 0 Å². The highest BCUT2D eigenvalue weighted by atomic mass is 19.1. The number of aromatic nitrogens is 8. The molecule has 0 unspecified atom stereocenters. The first-order valence-electron chi connectivity index (χ1n) is 11.0.